The van der Waals surface area contributed by atoms with Crippen molar-refractivity contribution in [1.82, 2.24) is 4.98 Å². The fraction of sp³-hybridized carbons (Fsp3) is 0.100. The van der Waals surface area contributed by atoms with Gasteiger partial charge in [0.05, 0.1) is 16.3 Å². The van der Waals surface area contributed by atoms with Gasteiger partial charge in [-0.3, -0.25) is 4.79 Å². The van der Waals surface area contributed by atoms with Crippen molar-refractivity contribution >= 4 is 34.7 Å². The number of nitrogens with zero attached hydrogens (tertiary/aromatic N) is 1. The molecule has 2 N–H and O–H groups in total. The summed E-state index contributed by atoms with van der Waals surface area (Å²) in [5.41, 5.74) is 1.65. The van der Waals surface area contributed by atoms with Crippen LogP contribution in [0.2, 0.25) is 0 Å². The molecule has 0 fully saturated rings. The minimum atomic E-state index is -4.42. The number of carbonyl (C=O) groups is 1. The first kappa shape index (κ1) is 19.8. The minimum absolute atomic E-state index is 0.0440. The minimum Gasteiger partial charge on any atom is -0.356 e. The number of thioether (sulfide) groups is 1. The summed E-state index contributed by atoms with van der Waals surface area (Å²) < 4.78 is 37.5. The van der Waals surface area contributed by atoms with Crippen LogP contribution < -0.4 is 10.6 Å². The standard InChI is InChI=1S/C20H16F3N3OS/c21-20(22,23)14-6-11-19(24-12-14)28-13-18(27)26-17-9-7-16(8-10-17)25-15-4-2-1-3-5-15/h1-12,25H,13H2,(H,26,27). The van der Waals surface area contributed by atoms with Gasteiger partial charge in [0.1, 0.15) is 0 Å². The molecule has 2 aromatic carbocycles. The van der Waals surface area contributed by atoms with Crippen LogP contribution in [-0.2, 0) is 11.0 Å². The zero-order valence-electron chi connectivity index (χ0n) is 14.5. The van der Waals surface area contributed by atoms with E-state index in [9.17, 15) is 18.0 Å². The predicted octanol–water partition coefficient (Wildman–Crippen LogP) is 5.57. The average Bonchev–Trinajstić information content (AvgIpc) is 2.68. The van der Waals surface area contributed by atoms with Crippen LogP contribution in [0.1, 0.15) is 5.56 Å². The Labute approximate surface area is 164 Å². The van der Waals surface area contributed by atoms with Gasteiger partial charge in [0.2, 0.25) is 5.91 Å². The van der Waals surface area contributed by atoms with Gasteiger partial charge in [0.25, 0.3) is 0 Å². The number of carbonyl (C=O) groups excluding carboxylic acids is 1. The molecule has 0 atom stereocenters. The number of hydrogen-bond acceptors (Lipinski definition) is 4. The highest BCUT2D eigenvalue weighted by Gasteiger charge is 2.30. The number of benzene rings is 2. The van der Waals surface area contributed by atoms with Crippen molar-refractivity contribution in [3.63, 3.8) is 0 Å². The fourth-order valence-electron chi connectivity index (χ4n) is 2.29. The van der Waals surface area contributed by atoms with Crippen LogP contribution in [0.3, 0.4) is 0 Å². The monoisotopic (exact) mass is 403 g/mol. The summed E-state index contributed by atoms with van der Waals surface area (Å²) >= 11 is 1.07. The summed E-state index contributed by atoms with van der Waals surface area (Å²) in [6.07, 6.45) is -3.66. The molecule has 4 nitrogen and oxygen atoms in total. The lowest BCUT2D eigenvalue weighted by atomic mass is 10.2. The first-order valence-corrected chi connectivity index (χ1v) is 9.27. The van der Waals surface area contributed by atoms with Crippen LogP contribution in [-0.4, -0.2) is 16.6 Å². The molecule has 0 aliphatic carbocycles. The Balaban J connectivity index is 1.49. The largest absolute Gasteiger partial charge is 0.417 e. The molecule has 0 bridgehead atoms. The quantitative estimate of drug-likeness (QED) is 0.528. The van der Waals surface area contributed by atoms with Crippen LogP contribution in [0.4, 0.5) is 30.2 Å². The zero-order valence-corrected chi connectivity index (χ0v) is 15.3. The van der Waals surface area contributed by atoms with Crippen LogP contribution in [0.15, 0.2) is 78.0 Å². The molecule has 0 radical (unpaired) electrons. The molecule has 0 saturated heterocycles. The van der Waals surface area contributed by atoms with E-state index >= 15 is 0 Å². The number of anilines is 3. The van der Waals surface area contributed by atoms with Gasteiger partial charge in [-0.2, -0.15) is 13.2 Å². The number of hydrogen-bond donors (Lipinski definition) is 2. The van der Waals surface area contributed by atoms with Crippen LogP contribution in [0.25, 0.3) is 0 Å². The lowest BCUT2D eigenvalue weighted by molar-refractivity contribution is -0.137. The summed E-state index contributed by atoms with van der Waals surface area (Å²) in [5.74, 6) is -0.224. The number of halogens is 3. The number of pyridine rings is 1. The lowest BCUT2D eigenvalue weighted by Gasteiger charge is -2.09. The Morgan fingerprint density at radius 1 is 0.893 bits per heavy atom. The summed E-state index contributed by atoms with van der Waals surface area (Å²) in [4.78, 5) is 15.8. The Morgan fingerprint density at radius 3 is 2.14 bits per heavy atom. The first-order valence-electron chi connectivity index (χ1n) is 8.28. The van der Waals surface area contributed by atoms with Crippen LogP contribution in [0.5, 0.6) is 0 Å². The topological polar surface area (TPSA) is 54.0 Å². The van der Waals surface area contributed by atoms with Gasteiger partial charge in [-0.05, 0) is 48.5 Å². The van der Waals surface area contributed by atoms with Gasteiger partial charge in [-0.1, -0.05) is 30.0 Å². The van der Waals surface area contributed by atoms with Crippen molar-refractivity contribution in [3.8, 4) is 0 Å². The normalized spacial score (nSPS) is 11.1. The molecular weight excluding hydrogens is 387 g/mol. The number of alkyl halides is 3. The maximum Gasteiger partial charge on any atom is 0.417 e. The molecule has 0 spiro atoms. The van der Waals surface area contributed by atoms with E-state index in [2.05, 4.69) is 15.6 Å². The molecule has 1 amide bonds. The fourth-order valence-corrected chi connectivity index (χ4v) is 2.94. The van der Waals surface area contributed by atoms with Gasteiger partial charge < -0.3 is 10.6 Å². The van der Waals surface area contributed by atoms with Gasteiger partial charge in [-0.25, -0.2) is 4.98 Å². The van der Waals surface area contributed by atoms with Crippen molar-refractivity contribution in [2.24, 2.45) is 0 Å². The second kappa shape index (κ2) is 8.79. The highest BCUT2D eigenvalue weighted by Crippen LogP contribution is 2.29. The third kappa shape index (κ3) is 5.75. The molecule has 3 rings (SSSR count). The molecule has 28 heavy (non-hydrogen) atoms. The molecule has 0 saturated carbocycles. The third-order valence-corrected chi connectivity index (χ3v) is 4.59. The highest BCUT2D eigenvalue weighted by molar-refractivity contribution is 7.99. The van der Waals surface area contributed by atoms with Crippen molar-refractivity contribution in [3.05, 3.63) is 78.5 Å². The second-order valence-corrected chi connectivity index (χ2v) is 6.78. The van der Waals surface area contributed by atoms with Crippen LogP contribution >= 0.6 is 11.8 Å². The molecule has 8 heteroatoms. The van der Waals surface area contributed by atoms with E-state index in [0.717, 1.165) is 35.4 Å². The van der Waals surface area contributed by atoms with E-state index in [1.54, 1.807) is 12.1 Å². The maximum atomic E-state index is 12.5. The number of aromatic nitrogens is 1. The Bertz CT molecular complexity index is 914. The summed E-state index contributed by atoms with van der Waals surface area (Å²) in [7, 11) is 0. The maximum absolute atomic E-state index is 12.5. The van der Waals surface area contributed by atoms with Gasteiger partial charge >= 0.3 is 6.18 Å². The molecule has 3 aromatic rings. The van der Waals surface area contributed by atoms with E-state index in [1.165, 1.54) is 6.07 Å². The van der Waals surface area contributed by atoms with Gasteiger partial charge in [-0.15, -0.1) is 0 Å². The Morgan fingerprint density at radius 2 is 1.54 bits per heavy atom. The zero-order chi connectivity index (χ0) is 20.0. The average molecular weight is 403 g/mol. The molecule has 0 aliphatic heterocycles. The van der Waals surface area contributed by atoms with Gasteiger partial charge in [0.15, 0.2) is 0 Å². The molecule has 144 valence electrons. The SMILES string of the molecule is O=C(CSc1ccc(C(F)(F)F)cn1)Nc1ccc(Nc2ccccc2)cc1. The number of amides is 1. The smallest absolute Gasteiger partial charge is 0.356 e. The van der Waals surface area contributed by atoms with E-state index in [-0.39, 0.29) is 11.7 Å². The second-order valence-electron chi connectivity index (χ2n) is 5.79. The molecule has 0 unspecified atom stereocenters. The number of nitrogens with one attached hydrogen (secondary N) is 2. The van der Waals surface area contributed by atoms with Gasteiger partial charge in [0, 0.05) is 23.3 Å². The summed E-state index contributed by atoms with van der Waals surface area (Å²) in [5, 5.41) is 6.34. The van der Waals surface area contributed by atoms with Crippen molar-refractivity contribution in [1.29, 1.82) is 0 Å². The molecular formula is C20H16F3N3OS. The van der Waals surface area contributed by atoms with Crippen LogP contribution in [0, 0.1) is 0 Å². The van der Waals surface area contributed by atoms with Crippen molar-refractivity contribution in [2.45, 2.75) is 11.2 Å². The number of para-hydroxylation sites is 1. The van der Waals surface area contributed by atoms with E-state index in [4.69, 9.17) is 0 Å². The summed E-state index contributed by atoms with van der Waals surface area (Å²) in [6.45, 7) is 0. The predicted molar refractivity (Wildman–Crippen MR) is 105 cm³/mol. The molecule has 1 heterocycles. The summed E-state index contributed by atoms with van der Waals surface area (Å²) in [6, 6.07) is 19.1. The number of rotatable bonds is 6. The van der Waals surface area contributed by atoms with Crippen molar-refractivity contribution in [2.75, 3.05) is 16.4 Å². The van der Waals surface area contributed by atoms with E-state index < -0.39 is 11.7 Å². The molecule has 1 aromatic heterocycles. The van der Waals surface area contributed by atoms with E-state index in [0.29, 0.717) is 10.7 Å². The first-order chi connectivity index (χ1) is 13.4. The Kier molecular flexibility index (Phi) is 6.20. The lowest BCUT2D eigenvalue weighted by Crippen LogP contribution is -2.14. The van der Waals surface area contributed by atoms with Crippen molar-refractivity contribution < 1.29 is 18.0 Å². The van der Waals surface area contributed by atoms with E-state index in [1.807, 2.05) is 42.5 Å². The molecule has 0 aliphatic rings. The Hall–Kier alpha value is -3.00. The highest BCUT2D eigenvalue weighted by atomic mass is 32.2. The third-order valence-electron chi connectivity index (χ3n) is 3.65.